The summed E-state index contributed by atoms with van der Waals surface area (Å²) in [5.74, 6) is -6.45. The quantitative estimate of drug-likeness (QED) is 0.658. The molecule has 0 spiro atoms. The highest BCUT2D eigenvalue weighted by Gasteiger charge is 2.62. The lowest BCUT2D eigenvalue weighted by atomic mass is 9.71. The van der Waals surface area contributed by atoms with Gasteiger partial charge in [-0.25, -0.2) is 13.2 Å². The maximum atomic E-state index is 14.3. The standard InChI is InChI=1S/C11H19F3O/c1-6-11(14)8(3)9(4,12)7(2)10(5,13)15-11/h7-8H,6H2,1-5H3. The summed E-state index contributed by atoms with van der Waals surface area (Å²) in [6, 6.07) is 0. The van der Waals surface area contributed by atoms with Gasteiger partial charge in [0, 0.05) is 18.3 Å². The van der Waals surface area contributed by atoms with E-state index in [2.05, 4.69) is 0 Å². The van der Waals surface area contributed by atoms with Gasteiger partial charge in [0.05, 0.1) is 0 Å². The van der Waals surface area contributed by atoms with E-state index in [1.807, 2.05) is 0 Å². The average Bonchev–Trinajstić information content (AvgIpc) is 2.12. The van der Waals surface area contributed by atoms with E-state index >= 15 is 0 Å². The van der Waals surface area contributed by atoms with Crippen LogP contribution in [0.1, 0.15) is 41.0 Å². The van der Waals surface area contributed by atoms with Crippen molar-refractivity contribution in [3.05, 3.63) is 0 Å². The predicted octanol–water partition coefficient (Wildman–Crippen LogP) is 3.78. The highest BCUT2D eigenvalue weighted by molar-refractivity contribution is 5.01. The van der Waals surface area contributed by atoms with E-state index in [0.29, 0.717) is 0 Å². The Labute approximate surface area is 89.0 Å². The van der Waals surface area contributed by atoms with E-state index in [1.54, 1.807) is 0 Å². The molecular weight excluding hydrogens is 205 g/mol. The van der Waals surface area contributed by atoms with Gasteiger partial charge in [-0.1, -0.05) is 20.8 Å². The Balaban J connectivity index is 3.13. The molecule has 0 aliphatic carbocycles. The van der Waals surface area contributed by atoms with Gasteiger partial charge in [-0.05, 0) is 13.8 Å². The zero-order valence-electron chi connectivity index (χ0n) is 9.90. The van der Waals surface area contributed by atoms with E-state index in [0.717, 1.165) is 6.92 Å². The summed E-state index contributed by atoms with van der Waals surface area (Å²) in [5, 5.41) is 0. The number of hydrogen-bond acceptors (Lipinski definition) is 1. The molecule has 0 amide bonds. The maximum absolute atomic E-state index is 14.3. The van der Waals surface area contributed by atoms with Crippen LogP contribution in [0.5, 0.6) is 0 Å². The van der Waals surface area contributed by atoms with Crippen molar-refractivity contribution in [3.8, 4) is 0 Å². The molecule has 1 heterocycles. The van der Waals surface area contributed by atoms with Crippen molar-refractivity contribution in [2.45, 2.75) is 58.4 Å². The Hall–Kier alpha value is -0.250. The lowest BCUT2D eigenvalue weighted by molar-refractivity contribution is -0.366. The number of hydrogen-bond donors (Lipinski definition) is 0. The van der Waals surface area contributed by atoms with Crippen LogP contribution in [0.3, 0.4) is 0 Å². The normalized spacial score (nSPS) is 56.8. The van der Waals surface area contributed by atoms with Crippen LogP contribution in [-0.4, -0.2) is 17.4 Å². The van der Waals surface area contributed by atoms with Gasteiger partial charge >= 0.3 is 0 Å². The molecule has 1 aliphatic heterocycles. The fourth-order valence-corrected chi connectivity index (χ4v) is 2.19. The summed E-state index contributed by atoms with van der Waals surface area (Å²) in [5.41, 5.74) is -1.91. The highest BCUT2D eigenvalue weighted by Crippen LogP contribution is 2.53. The topological polar surface area (TPSA) is 9.23 Å². The van der Waals surface area contributed by atoms with E-state index in [-0.39, 0.29) is 6.42 Å². The molecule has 0 aromatic carbocycles. The summed E-state index contributed by atoms with van der Waals surface area (Å²) < 4.78 is 47.1. The Morgan fingerprint density at radius 1 is 1.07 bits per heavy atom. The third-order valence-corrected chi connectivity index (χ3v) is 3.96. The summed E-state index contributed by atoms with van der Waals surface area (Å²) >= 11 is 0. The number of ether oxygens (including phenoxy) is 1. The first-order chi connectivity index (χ1) is 6.58. The Morgan fingerprint density at radius 2 is 1.53 bits per heavy atom. The molecule has 1 fully saturated rings. The molecule has 0 aromatic rings. The van der Waals surface area contributed by atoms with Crippen LogP contribution in [0.4, 0.5) is 13.2 Å². The highest BCUT2D eigenvalue weighted by atomic mass is 19.2. The van der Waals surface area contributed by atoms with E-state index in [1.165, 1.54) is 27.7 Å². The van der Waals surface area contributed by atoms with Crippen molar-refractivity contribution >= 4 is 0 Å². The van der Waals surface area contributed by atoms with Crippen molar-refractivity contribution in [1.82, 2.24) is 0 Å². The molecule has 1 saturated heterocycles. The van der Waals surface area contributed by atoms with Crippen LogP contribution in [0, 0.1) is 11.8 Å². The first-order valence-corrected chi connectivity index (χ1v) is 5.35. The molecule has 0 saturated carbocycles. The second-order valence-corrected chi connectivity index (χ2v) is 4.82. The van der Waals surface area contributed by atoms with Crippen LogP contribution in [0.2, 0.25) is 0 Å². The summed E-state index contributed by atoms with van der Waals surface area (Å²) in [6.07, 6.45) is -0.0556. The predicted molar refractivity (Wildman–Crippen MR) is 52.6 cm³/mol. The third kappa shape index (κ3) is 1.77. The van der Waals surface area contributed by atoms with Crippen LogP contribution < -0.4 is 0 Å². The van der Waals surface area contributed by atoms with Crippen molar-refractivity contribution in [2.75, 3.05) is 0 Å². The lowest BCUT2D eigenvalue weighted by Crippen LogP contribution is -2.62. The molecule has 0 bridgehead atoms. The number of halogens is 3. The first kappa shape index (κ1) is 12.8. The summed E-state index contributed by atoms with van der Waals surface area (Å²) in [6.45, 7) is 6.69. The van der Waals surface area contributed by atoms with Crippen LogP contribution >= 0.6 is 0 Å². The van der Waals surface area contributed by atoms with Crippen molar-refractivity contribution < 1.29 is 17.9 Å². The largest absolute Gasteiger partial charge is 0.308 e. The molecule has 5 atom stereocenters. The third-order valence-electron chi connectivity index (χ3n) is 3.96. The van der Waals surface area contributed by atoms with E-state index in [4.69, 9.17) is 4.74 Å². The number of alkyl halides is 3. The molecule has 1 rings (SSSR count). The second-order valence-electron chi connectivity index (χ2n) is 4.82. The van der Waals surface area contributed by atoms with Crippen molar-refractivity contribution in [1.29, 1.82) is 0 Å². The molecule has 90 valence electrons. The molecule has 1 aliphatic rings. The maximum Gasteiger partial charge on any atom is 0.217 e. The molecular formula is C11H19F3O. The molecule has 4 heteroatoms. The van der Waals surface area contributed by atoms with Gasteiger partial charge in [-0.3, -0.25) is 0 Å². The first-order valence-electron chi connectivity index (χ1n) is 5.35. The zero-order valence-corrected chi connectivity index (χ0v) is 9.90. The minimum absolute atomic E-state index is 0.0556. The number of rotatable bonds is 1. The second kappa shape index (κ2) is 3.37. The summed E-state index contributed by atoms with van der Waals surface area (Å²) in [4.78, 5) is 0. The molecule has 0 aromatic heterocycles. The van der Waals surface area contributed by atoms with Crippen LogP contribution in [-0.2, 0) is 4.74 Å². The summed E-state index contributed by atoms with van der Waals surface area (Å²) in [7, 11) is 0. The molecule has 5 unspecified atom stereocenters. The van der Waals surface area contributed by atoms with Gasteiger partial charge in [-0.15, -0.1) is 0 Å². The molecule has 0 N–H and O–H groups in total. The van der Waals surface area contributed by atoms with Crippen molar-refractivity contribution in [3.63, 3.8) is 0 Å². The monoisotopic (exact) mass is 224 g/mol. The van der Waals surface area contributed by atoms with Gasteiger partial charge in [0.25, 0.3) is 0 Å². The van der Waals surface area contributed by atoms with Crippen LogP contribution in [0.25, 0.3) is 0 Å². The fraction of sp³-hybridized carbons (Fsp3) is 1.00. The molecule has 15 heavy (non-hydrogen) atoms. The Morgan fingerprint density at radius 3 is 1.93 bits per heavy atom. The molecule has 0 radical (unpaired) electrons. The zero-order chi connectivity index (χ0) is 12.1. The van der Waals surface area contributed by atoms with Gasteiger partial charge in [0.1, 0.15) is 5.67 Å². The smallest absolute Gasteiger partial charge is 0.217 e. The minimum atomic E-state index is -2.26. The average molecular weight is 224 g/mol. The van der Waals surface area contributed by atoms with E-state index < -0.39 is 29.2 Å². The molecule has 1 nitrogen and oxygen atoms in total. The van der Waals surface area contributed by atoms with Gasteiger partial charge in [0.2, 0.25) is 11.7 Å². The minimum Gasteiger partial charge on any atom is -0.308 e. The van der Waals surface area contributed by atoms with Crippen LogP contribution in [0.15, 0.2) is 0 Å². The van der Waals surface area contributed by atoms with Crippen molar-refractivity contribution in [2.24, 2.45) is 11.8 Å². The van der Waals surface area contributed by atoms with Gasteiger partial charge < -0.3 is 4.74 Å². The fourth-order valence-electron chi connectivity index (χ4n) is 2.19. The lowest BCUT2D eigenvalue weighted by Gasteiger charge is -2.51. The van der Waals surface area contributed by atoms with E-state index in [9.17, 15) is 13.2 Å². The Bertz CT molecular complexity index is 247. The SMILES string of the molecule is CCC1(F)OC(C)(F)C(C)C(C)(F)C1C. The van der Waals surface area contributed by atoms with Gasteiger partial charge in [0.15, 0.2) is 0 Å². The van der Waals surface area contributed by atoms with Gasteiger partial charge in [-0.2, -0.15) is 0 Å². The Kier molecular flexibility index (Phi) is 2.88.